The summed E-state index contributed by atoms with van der Waals surface area (Å²) in [4.78, 5) is 0. The van der Waals surface area contributed by atoms with Gasteiger partial charge < -0.3 is 16.0 Å². The topological polar surface area (TPSA) is 53.5 Å². The van der Waals surface area contributed by atoms with Crippen molar-refractivity contribution in [2.75, 3.05) is 13.6 Å². The molecule has 0 aliphatic heterocycles. The van der Waals surface area contributed by atoms with E-state index in [0.717, 1.165) is 0 Å². The summed E-state index contributed by atoms with van der Waals surface area (Å²) in [5, 5.41) is 10.4. The van der Waals surface area contributed by atoms with Gasteiger partial charge in [-0.2, -0.15) is 0 Å². The molecular formula is C3H9IN2O. The van der Waals surface area contributed by atoms with E-state index < -0.39 is 0 Å². The number of alkyl halides is 1. The van der Waals surface area contributed by atoms with Gasteiger partial charge in [0.05, 0.1) is 13.6 Å². The molecule has 2 atom stereocenters. The number of nitrogens with one attached hydrogen (secondary N) is 1. The van der Waals surface area contributed by atoms with Crippen LogP contribution in [0.25, 0.3) is 0 Å². The largest absolute Gasteiger partial charge is 0.634 e. The van der Waals surface area contributed by atoms with E-state index in [0.29, 0.717) is 6.54 Å². The highest BCUT2D eigenvalue weighted by atomic mass is 127. The van der Waals surface area contributed by atoms with Gasteiger partial charge in [0.25, 0.3) is 0 Å². The van der Waals surface area contributed by atoms with E-state index in [9.17, 15) is 5.21 Å². The molecule has 7 heavy (non-hydrogen) atoms. The number of rotatable bonds is 2. The van der Waals surface area contributed by atoms with Crippen molar-refractivity contribution in [2.45, 2.75) is 4.05 Å². The smallest absolute Gasteiger partial charge is 0.150 e. The molecule has 0 aromatic carbocycles. The van der Waals surface area contributed by atoms with Gasteiger partial charge in [-0.1, -0.05) is 0 Å². The minimum absolute atomic E-state index is 0.0117. The van der Waals surface area contributed by atoms with Gasteiger partial charge in [-0.05, 0) is 22.6 Å². The van der Waals surface area contributed by atoms with Crippen LogP contribution in [0.2, 0.25) is 0 Å². The van der Waals surface area contributed by atoms with Crippen LogP contribution < -0.4 is 10.8 Å². The summed E-state index contributed by atoms with van der Waals surface area (Å²) in [6.07, 6.45) is 0. The molecule has 0 fully saturated rings. The number of hydrogen-bond donors (Lipinski definition) is 2. The van der Waals surface area contributed by atoms with Gasteiger partial charge in [0.15, 0.2) is 0 Å². The lowest BCUT2D eigenvalue weighted by Crippen LogP contribution is -3.07. The number of hydroxylamine groups is 2. The molecule has 0 saturated heterocycles. The quantitative estimate of drug-likeness (QED) is 0.261. The normalized spacial score (nSPS) is 18.9. The molecule has 3 nitrogen and oxygen atoms in total. The van der Waals surface area contributed by atoms with Crippen LogP contribution in [0.4, 0.5) is 0 Å². The van der Waals surface area contributed by atoms with E-state index in [4.69, 9.17) is 5.73 Å². The minimum atomic E-state index is 0.0117. The molecule has 44 valence electrons. The van der Waals surface area contributed by atoms with Crippen LogP contribution in [0.3, 0.4) is 0 Å². The number of quaternary nitrogens is 1. The fourth-order valence-corrected chi connectivity index (χ4v) is 0.166. The molecule has 0 heterocycles. The lowest BCUT2D eigenvalue weighted by atomic mass is 10.7. The molecule has 0 radical (unpaired) electrons. The van der Waals surface area contributed by atoms with Crippen LogP contribution in [0.1, 0.15) is 0 Å². The number of nitrogens with two attached hydrogens (primary N) is 1. The molecule has 0 aromatic heterocycles. The molecule has 0 amide bonds. The van der Waals surface area contributed by atoms with Gasteiger partial charge in [-0.3, -0.25) is 0 Å². The maximum atomic E-state index is 10.3. The summed E-state index contributed by atoms with van der Waals surface area (Å²) >= 11 is 2.02. The van der Waals surface area contributed by atoms with E-state index in [1.54, 1.807) is 7.05 Å². The maximum Gasteiger partial charge on any atom is 0.150 e. The third-order valence-corrected chi connectivity index (χ3v) is 2.03. The van der Waals surface area contributed by atoms with Crippen LogP contribution in [-0.2, 0) is 0 Å². The molecule has 0 rings (SSSR count). The van der Waals surface area contributed by atoms with Gasteiger partial charge in [0.1, 0.15) is 4.05 Å². The SMILES string of the molecule is C[NH+]([O-])C(I)CN. The first-order chi connectivity index (χ1) is 3.18. The second-order valence-corrected chi connectivity index (χ2v) is 2.82. The highest BCUT2D eigenvalue weighted by Gasteiger charge is 2.00. The van der Waals surface area contributed by atoms with Gasteiger partial charge >= 0.3 is 0 Å². The number of halogens is 1. The van der Waals surface area contributed by atoms with Crippen molar-refractivity contribution in [3.05, 3.63) is 5.21 Å². The van der Waals surface area contributed by atoms with Gasteiger partial charge in [-0.15, -0.1) is 0 Å². The van der Waals surface area contributed by atoms with Crippen LogP contribution in [-0.4, -0.2) is 17.6 Å². The third-order valence-electron chi connectivity index (χ3n) is 0.648. The molecule has 3 N–H and O–H groups in total. The van der Waals surface area contributed by atoms with Crippen molar-refractivity contribution >= 4 is 22.6 Å². The Hall–Kier alpha value is 0.610. The standard InChI is InChI=1S/C3H9IN2O/c1-6(7)3(4)2-5/h3,6H,2,5H2,1H3. The van der Waals surface area contributed by atoms with E-state index in [2.05, 4.69) is 0 Å². The summed E-state index contributed by atoms with van der Waals surface area (Å²) in [6, 6.07) is 0. The van der Waals surface area contributed by atoms with Crippen molar-refractivity contribution < 1.29 is 5.06 Å². The summed E-state index contributed by atoms with van der Waals surface area (Å²) in [5.41, 5.74) is 5.14. The molecule has 2 unspecified atom stereocenters. The summed E-state index contributed by atoms with van der Waals surface area (Å²) in [5.74, 6) is 0. The van der Waals surface area contributed by atoms with E-state index >= 15 is 0 Å². The zero-order valence-corrected chi connectivity index (χ0v) is 6.31. The van der Waals surface area contributed by atoms with Crippen molar-refractivity contribution in [3.63, 3.8) is 0 Å². The zero-order valence-electron chi connectivity index (χ0n) is 4.15. The second-order valence-electron chi connectivity index (χ2n) is 1.31. The first kappa shape index (κ1) is 7.61. The van der Waals surface area contributed by atoms with E-state index in [1.807, 2.05) is 22.6 Å². The molecule has 0 aliphatic rings. The van der Waals surface area contributed by atoms with Crippen molar-refractivity contribution in [2.24, 2.45) is 5.73 Å². The first-order valence-corrected chi connectivity index (χ1v) is 3.27. The Morgan fingerprint density at radius 1 is 2.00 bits per heavy atom. The Labute approximate surface area is 56.6 Å². The van der Waals surface area contributed by atoms with Gasteiger partial charge in [0, 0.05) is 0 Å². The van der Waals surface area contributed by atoms with Crippen LogP contribution in [0.15, 0.2) is 0 Å². The van der Waals surface area contributed by atoms with Crippen molar-refractivity contribution in [1.29, 1.82) is 0 Å². The Morgan fingerprint density at radius 3 is 2.43 bits per heavy atom. The highest BCUT2D eigenvalue weighted by molar-refractivity contribution is 14.1. The molecule has 0 bridgehead atoms. The van der Waals surface area contributed by atoms with Crippen molar-refractivity contribution in [3.8, 4) is 0 Å². The van der Waals surface area contributed by atoms with Crippen LogP contribution in [0.5, 0.6) is 0 Å². The molecule has 0 aromatic rings. The molecule has 0 saturated carbocycles. The third kappa shape index (κ3) is 3.22. The van der Waals surface area contributed by atoms with Crippen molar-refractivity contribution in [1.82, 2.24) is 0 Å². The predicted molar refractivity (Wildman–Crippen MR) is 37.1 cm³/mol. The molecule has 0 spiro atoms. The predicted octanol–water partition coefficient (Wildman–Crippen LogP) is -1.28. The molecule has 0 aliphatic carbocycles. The summed E-state index contributed by atoms with van der Waals surface area (Å²) < 4.78 is 0.0117. The monoisotopic (exact) mass is 216 g/mol. The highest BCUT2D eigenvalue weighted by Crippen LogP contribution is 1.83. The second kappa shape index (κ2) is 3.59. The van der Waals surface area contributed by atoms with Gasteiger partial charge in [-0.25, -0.2) is 0 Å². The Balaban J connectivity index is 3.14. The average Bonchev–Trinajstić information content (AvgIpc) is 1.65. The van der Waals surface area contributed by atoms with E-state index in [-0.39, 0.29) is 9.11 Å². The Morgan fingerprint density at radius 2 is 2.43 bits per heavy atom. The van der Waals surface area contributed by atoms with Crippen LogP contribution in [0, 0.1) is 5.21 Å². The van der Waals surface area contributed by atoms with Gasteiger partial charge in [0.2, 0.25) is 0 Å². The Kier molecular flexibility index (Phi) is 3.91. The molecule has 4 heteroatoms. The fraction of sp³-hybridized carbons (Fsp3) is 1.00. The number of hydrogen-bond acceptors (Lipinski definition) is 2. The maximum absolute atomic E-state index is 10.3. The van der Waals surface area contributed by atoms with E-state index in [1.165, 1.54) is 0 Å². The summed E-state index contributed by atoms with van der Waals surface area (Å²) in [7, 11) is 1.55. The first-order valence-electron chi connectivity index (χ1n) is 2.03. The summed E-state index contributed by atoms with van der Waals surface area (Å²) in [6.45, 7) is 0.454. The minimum Gasteiger partial charge on any atom is -0.634 e. The fourth-order valence-electron chi connectivity index (χ4n) is 0.166. The average molecular weight is 216 g/mol. The number of likely N-dealkylation sites (N-methyl/N-ethyl adjacent to an activating group) is 1. The zero-order chi connectivity index (χ0) is 5.86. The molecular weight excluding hydrogens is 207 g/mol. The lowest BCUT2D eigenvalue weighted by Gasteiger charge is -2.20. The van der Waals surface area contributed by atoms with Crippen LogP contribution >= 0.6 is 22.6 Å². The lowest BCUT2D eigenvalue weighted by molar-refractivity contribution is -0.830. The Bertz CT molecular complexity index is 50.2.